The van der Waals surface area contributed by atoms with Crippen LogP contribution >= 0.6 is 0 Å². The maximum Gasteiger partial charge on any atom is 0.132 e. The number of nitrogens with zero attached hydrogens (tertiary/aromatic N) is 5. The van der Waals surface area contributed by atoms with Gasteiger partial charge in [0.2, 0.25) is 0 Å². The van der Waals surface area contributed by atoms with Crippen molar-refractivity contribution in [3.8, 4) is 0 Å². The van der Waals surface area contributed by atoms with E-state index in [0.717, 1.165) is 49.7 Å². The number of aromatic nitrogens is 4. The monoisotopic (exact) mass is 285 g/mol. The molecule has 3 rings (SSSR count). The Morgan fingerprint density at radius 2 is 2.24 bits per heavy atom. The Kier molecular flexibility index (Phi) is 4.35. The molecule has 6 nitrogen and oxygen atoms in total. The van der Waals surface area contributed by atoms with E-state index in [2.05, 4.69) is 24.8 Å². The molecule has 2 aromatic heterocycles. The lowest BCUT2D eigenvalue weighted by Crippen LogP contribution is -2.43. The third-order valence-corrected chi connectivity index (χ3v) is 3.62. The van der Waals surface area contributed by atoms with E-state index >= 15 is 0 Å². The van der Waals surface area contributed by atoms with Gasteiger partial charge >= 0.3 is 0 Å². The van der Waals surface area contributed by atoms with Crippen molar-refractivity contribution in [3.63, 3.8) is 0 Å². The summed E-state index contributed by atoms with van der Waals surface area (Å²) in [4.78, 5) is 19.0. The molecule has 0 unspecified atom stereocenters. The maximum atomic E-state index is 5.85. The molecule has 1 aliphatic heterocycles. The molecule has 0 amide bonds. The lowest BCUT2D eigenvalue weighted by Gasteiger charge is -2.33. The average molecular weight is 285 g/mol. The average Bonchev–Trinajstić information content (AvgIpc) is 2.54. The Labute approximate surface area is 124 Å². The normalized spacial score (nSPS) is 18.7. The summed E-state index contributed by atoms with van der Waals surface area (Å²) in [6.45, 7) is 4.46. The van der Waals surface area contributed by atoms with E-state index in [-0.39, 0.29) is 6.10 Å². The molecule has 0 aromatic carbocycles. The van der Waals surface area contributed by atoms with Crippen molar-refractivity contribution in [2.45, 2.75) is 25.9 Å². The zero-order chi connectivity index (χ0) is 14.5. The minimum atomic E-state index is 0.212. The van der Waals surface area contributed by atoms with Crippen molar-refractivity contribution in [1.82, 2.24) is 19.9 Å². The van der Waals surface area contributed by atoms with Gasteiger partial charge in [-0.2, -0.15) is 0 Å². The van der Waals surface area contributed by atoms with Crippen LogP contribution in [-0.2, 0) is 11.2 Å². The third kappa shape index (κ3) is 3.72. The van der Waals surface area contributed by atoms with E-state index in [1.807, 2.05) is 19.1 Å². The van der Waals surface area contributed by atoms with E-state index < -0.39 is 0 Å². The first-order chi connectivity index (χ1) is 10.3. The summed E-state index contributed by atoms with van der Waals surface area (Å²) in [5, 5.41) is 0. The molecule has 0 N–H and O–H groups in total. The summed E-state index contributed by atoms with van der Waals surface area (Å²) in [6.07, 6.45) is 7.06. The number of rotatable bonds is 4. The summed E-state index contributed by atoms with van der Waals surface area (Å²) in [5.74, 6) is 0.984. The van der Waals surface area contributed by atoms with Crippen LogP contribution in [0.25, 0.3) is 0 Å². The molecule has 0 saturated carbocycles. The number of ether oxygens (including phenoxy) is 1. The molecule has 110 valence electrons. The molecular formula is C15H19N5O. The highest BCUT2D eigenvalue weighted by Gasteiger charge is 2.21. The molecule has 1 atom stereocenters. The van der Waals surface area contributed by atoms with Crippen molar-refractivity contribution in [1.29, 1.82) is 0 Å². The van der Waals surface area contributed by atoms with Gasteiger partial charge in [-0.25, -0.2) is 19.9 Å². The van der Waals surface area contributed by atoms with Crippen LogP contribution in [0.4, 0.5) is 5.82 Å². The minimum absolute atomic E-state index is 0.212. The largest absolute Gasteiger partial charge is 0.375 e. The van der Waals surface area contributed by atoms with Gasteiger partial charge in [0, 0.05) is 36.7 Å². The van der Waals surface area contributed by atoms with Crippen LogP contribution in [0.15, 0.2) is 31.0 Å². The highest BCUT2D eigenvalue weighted by molar-refractivity contribution is 5.39. The minimum Gasteiger partial charge on any atom is -0.375 e. The van der Waals surface area contributed by atoms with Gasteiger partial charge in [0.05, 0.1) is 12.7 Å². The molecule has 0 radical (unpaired) electrons. The number of aryl methyl sites for hydroxylation is 2. The Morgan fingerprint density at radius 3 is 3.05 bits per heavy atom. The smallest absolute Gasteiger partial charge is 0.132 e. The molecule has 2 aromatic rings. The fourth-order valence-electron chi connectivity index (χ4n) is 2.49. The molecule has 1 fully saturated rings. The quantitative estimate of drug-likeness (QED) is 0.846. The summed E-state index contributed by atoms with van der Waals surface area (Å²) in [7, 11) is 0. The maximum absolute atomic E-state index is 5.85. The summed E-state index contributed by atoms with van der Waals surface area (Å²) in [6, 6.07) is 3.97. The van der Waals surface area contributed by atoms with Crippen molar-refractivity contribution in [3.05, 3.63) is 42.4 Å². The van der Waals surface area contributed by atoms with Gasteiger partial charge in [-0.1, -0.05) is 0 Å². The Hall–Kier alpha value is -2.08. The molecule has 1 aliphatic rings. The van der Waals surface area contributed by atoms with Crippen LogP contribution in [0, 0.1) is 6.92 Å². The molecule has 0 aliphatic carbocycles. The molecule has 6 heteroatoms. The van der Waals surface area contributed by atoms with Crippen molar-refractivity contribution in [2.24, 2.45) is 0 Å². The molecular weight excluding hydrogens is 266 g/mol. The zero-order valence-corrected chi connectivity index (χ0v) is 12.1. The van der Waals surface area contributed by atoms with Crippen LogP contribution in [0.5, 0.6) is 0 Å². The number of anilines is 1. The van der Waals surface area contributed by atoms with Crippen LogP contribution in [0.2, 0.25) is 0 Å². The van der Waals surface area contributed by atoms with Crippen molar-refractivity contribution < 1.29 is 4.74 Å². The highest BCUT2D eigenvalue weighted by atomic mass is 16.5. The number of hydrogen-bond acceptors (Lipinski definition) is 6. The predicted molar refractivity (Wildman–Crippen MR) is 79.1 cm³/mol. The van der Waals surface area contributed by atoms with E-state index in [9.17, 15) is 0 Å². The van der Waals surface area contributed by atoms with Gasteiger partial charge in [0.15, 0.2) is 0 Å². The van der Waals surface area contributed by atoms with Gasteiger partial charge in [-0.3, -0.25) is 0 Å². The second-order valence-corrected chi connectivity index (χ2v) is 5.20. The summed E-state index contributed by atoms with van der Waals surface area (Å²) >= 11 is 0. The van der Waals surface area contributed by atoms with Gasteiger partial charge in [0.1, 0.15) is 18.5 Å². The lowest BCUT2D eigenvalue weighted by molar-refractivity contribution is 0.0350. The van der Waals surface area contributed by atoms with Crippen LogP contribution in [0.1, 0.15) is 17.8 Å². The predicted octanol–water partition coefficient (Wildman–Crippen LogP) is 1.41. The van der Waals surface area contributed by atoms with E-state index in [4.69, 9.17) is 4.74 Å². The van der Waals surface area contributed by atoms with Gasteiger partial charge in [-0.15, -0.1) is 0 Å². The van der Waals surface area contributed by atoms with Crippen LogP contribution in [-0.4, -0.2) is 45.7 Å². The Bertz CT molecular complexity index is 577. The number of hydrogen-bond donors (Lipinski definition) is 0. The van der Waals surface area contributed by atoms with Crippen LogP contribution in [0.3, 0.4) is 0 Å². The summed E-state index contributed by atoms with van der Waals surface area (Å²) in [5.41, 5.74) is 2.05. The molecule has 0 bridgehead atoms. The SMILES string of the molecule is Cc1cc(N2CCO[C@H](CCc3ccncn3)C2)ncn1. The molecule has 3 heterocycles. The topological polar surface area (TPSA) is 64.0 Å². The highest BCUT2D eigenvalue weighted by Crippen LogP contribution is 2.17. The molecule has 0 spiro atoms. The first kappa shape index (κ1) is 13.9. The zero-order valence-electron chi connectivity index (χ0n) is 12.1. The second-order valence-electron chi connectivity index (χ2n) is 5.20. The lowest BCUT2D eigenvalue weighted by atomic mass is 10.1. The van der Waals surface area contributed by atoms with Crippen LogP contribution < -0.4 is 4.90 Å². The third-order valence-electron chi connectivity index (χ3n) is 3.62. The fraction of sp³-hybridized carbons (Fsp3) is 0.467. The first-order valence-corrected chi connectivity index (χ1v) is 7.21. The van der Waals surface area contributed by atoms with E-state index in [1.165, 1.54) is 0 Å². The number of morpholine rings is 1. The Morgan fingerprint density at radius 1 is 1.29 bits per heavy atom. The fourth-order valence-corrected chi connectivity index (χ4v) is 2.49. The second kappa shape index (κ2) is 6.58. The Balaban J connectivity index is 1.58. The van der Waals surface area contributed by atoms with Crippen molar-refractivity contribution >= 4 is 5.82 Å². The van der Waals surface area contributed by atoms with E-state index in [1.54, 1.807) is 18.9 Å². The van der Waals surface area contributed by atoms with Gasteiger partial charge < -0.3 is 9.64 Å². The van der Waals surface area contributed by atoms with Crippen molar-refractivity contribution in [2.75, 3.05) is 24.6 Å². The molecule has 21 heavy (non-hydrogen) atoms. The van der Waals surface area contributed by atoms with Gasteiger partial charge in [0.25, 0.3) is 0 Å². The standard InChI is InChI=1S/C15H19N5O/c1-12-8-15(19-11-17-12)20-6-7-21-14(9-20)3-2-13-4-5-16-10-18-13/h4-5,8,10-11,14H,2-3,6-7,9H2,1H3/t14-/m1/s1. The molecule has 1 saturated heterocycles. The van der Waals surface area contributed by atoms with Gasteiger partial charge in [-0.05, 0) is 25.8 Å². The van der Waals surface area contributed by atoms with E-state index in [0.29, 0.717) is 0 Å². The summed E-state index contributed by atoms with van der Waals surface area (Å²) < 4.78 is 5.85. The first-order valence-electron chi connectivity index (χ1n) is 7.21.